The first-order valence-electron chi connectivity index (χ1n) is 6.98. The molecule has 0 bridgehead atoms. The van der Waals surface area contributed by atoms with Crippen LogP contribution in [0.25, 0.3) is 5.69 Å². The van der Waals surface area contributed by atoms with Crippen LogP contribution in [-0.2, 0) is 4.74 Å². The van der Waals surface area contributed by atoms with E-state index < -0.39 is 0 Å². The smallest absolute Gasteiger partial charge is 0.272 e. The second-order valence-corrected chi connectivity index (χ2v) is 5.15. The SMILES string of the molecule is CC1OCCC1NC(=O)c1ccn(-c2ccccc2N)n1. The number of carbonyl (C=O) groups excluding carboxylic acids is 1. The molecule has 21 heavy (non-hydrogen) atoms. The average Bonchev–Trinajstić information content (AvgIpc) is 3.09. The average molecular weight is 286 g/mol. The fraction of sp³-hybridized carbons (Fsp3) is 0.333. The molecule has 2 unspecified atom stereocenters. The van der Waals surface area contributed by atoms with Gasteiger partial charge in [0.2, 0.25) is 0 Å². The molecule has 6 heteroatoms. The first kappa shape index (κ1) is 13.6. The molecule has 3 rings (SSSR count). The molecule has 0 saturated carbocycles. The number of nitrogens with one attached hydrogen (secondary N) is 1. The van der Waals surface area contributed by atoms with Gasteiger partial charge in [0.1, 0.15) is 0 Å². The fourth-order valence-corrected chi connectivity index (χ4v) is 2.44. The largest absolute Gasteiger partial charge is 0.397 e. The number of ether oxygens (including phenoxy) is 1. The third-order valence-electron chi connectivity index (χ3n) is 3.70. The van der Waals surface area contributed by atoms with Crippen molar-refractivity contribution in [2.24, 2.45) is 0 Å². The van der Waals surface area contributed by atoms with E-state index in [4.69, 9.17) is 10.5 Å². The standard InChI is InChI=1S/C15H18N4O2/c1-10-12(7-9-21-10)17-15(20)13-6-8-19(18-13)14-5-3-2-4-11(14)16/h2-6,8,10,12H,7,9,16H2,1H3,(H,17,20). The summed E-state index contributed by atoms with van der Waals surface area (Å²) in [5.74, 6) is -0.189. The summed E-state index contributed by atoms with van der Waals surface area (Å²) in [6.45, 7) is 2.64. The predicted molar refractivity (Wildman–Crippen MR) is 79.3 cm³/mol. The van der Waals surface area contributed by atoms with Gasteiger partial charge in [-0.15, -0.1) is 0 Å². The van der Waals surface area contributed by atoms with Crippen molar-refractivity contribution in [1.82, 2.24) is 15.1 Å². The van der Waals surface area contributed by atoms with E-state index in [1.165, 1.54) is 0 Å². The molecule has 1 aromatic carbocycles. The number of aromatic nitrogens is 2. The van der Waals surface area contributed by atoms with Crippen molar-refractivity contribution >= 4 is 11.6 Å². The van der Waals surface area contributed by atoms with Crippen molar-refractivity contribution in [2.75, 3.05) is 12.3 Å². The van der Waals surface area contributed by atoms with Gasteiger partial charge < -0.3 is 15.8 Å². The zero-order valence-corrected chi connectivity index (χ0v) is 11.8. The first-order chi connectivity index (χ1) is 10.1. The van der Waals surface area contributed by atoms with Crippen LogP contribution in [0.3, 0.4) is 0 Å². The first-order valence-corrected chi connectivity index (χ1v) is 6.98. The number of carbonyl (C=O) groups is 1. The molecule has 2 atom stereocenters. The van der Waals surface area contributed by atoms with E-state index in [0.717, 1.165) is 12.1 Å². The van der Waals surface area contributed by atoms with Crippen molar-refractivity contribution in [3.05, 3.63) is 42.2 Å². The van der Waals surface area contributed by atoms with Crippen LogP contribution in [0.5, 0.6) is 0 Å². The van der Waals surface area contributed by atoms with Crippen LogP contribution in [0.15, 0.2) is 36.5 Å². The Balaban J connectivity index is 1.76. The summed E-state index contributed by atoms with van der Waals surface area (Å²) in [5.41, 5.74) is 7.66. The molecule has 1 fully saturated rings. The number of amides is 1. The van der Waals surface area contributed by atoms with Gasteiger partial charge in [-0.3, -0.25) is 4.79 Å². The van der Waals surface area contributed by atoms with Gasteiger partial charge in [0, 0.05) is 12.8 Å². The Bertz CT molecular complexity index is 653. The Morgan fingerprint density at radius 2 is 2.24 bits per heavy atom. The molecule has 2 heterocycles. The lowest BCUT2D eigenvalue weighted by Crippen LogP contribution is -2.39. The highest BCUT2D eigenvalue weighted by atomic mass is 16.5. The molecule has 3 N–H and O–H groups in total. The maximum Gasteiger partial charge on any atom is 0.272 e. The Morgan fingerprint density at radius 3 is 2.95 bits per heavy atom. The van der Waals surface area contributed by atoms with Crippen LogP contribution in [0.4, 0.5) is 5.69 Å². The van der Waals surface area contributed by atoms with Crippen molar-refractivity contribution < 1.29 is 9.53 Å². The number of nitrogens with two attached hydrogens (primary N) is 1. The van der Waals surface area contributed by atoms with Gasteiger partial charge in [-0.25, -0.2) is 4.68 Å². The van der Waals surface area contributed by atoms with Gasteiger partial charge >= 0.3 is 0 Å². The van der Waals surface area contributed by atoms with Crippen LogP contribution >= 0.6 is 0 Å². The topological polar surface area (TPSA) is 82.2 Å². The lowest BCUT2D eigenvalue weighted by Gasteiger charge is -2.14. The van der Waals surface area contributed by atoms with Crippen molar-refractivity contribution in [1.29, 1.82) is 0 Å². The summed E-state index contributed by atoms with van der Waals surface area (Å²) in [7, 11) is 0. The van der Waals surface area contributed by atoms with Crippen LogP contribution < -0.4 is 11.1 Å². The fourth-order valence-electron chi connectivity index (χ4n) is 2.44. The molecule has 6 nitrogen and oxygen atoms in total. The van der Waals surface area contributed by atoms with E-state index in [0.29, 0.717) is 18.0 Å². The molecule has 110 valence electrons. The maximum atomic E-state index is 12.2. The van der Waals surface area contributed by atoms with Crippen molar-refractivity contribution in [3.8, 4) is 5.69 Å². The molecule has 0 aliphatic carbocycles. The highest BCUT2D eigenvalue weighted by molar-refractivity contribution is 5.92. The van der Waals surface area contributed by atoms with Crippen LogP contribution in [0.2, 0.25) is 0 Å². The third kappa shape index (κ3) is 2.75. The van der Waals surface area contributed by atoms with E-state index in [1.807, 2.05) is 25.1 Å². The molecular weight excluding hydrogens is 268 g/mol. The summed E-state index contributed by atoms with van der Waals surface area (Å²) in [6, 6.07) is 9.12. The maximum absolute atomic E-state index is 12.2. The second-order valence-electron chi connectivity index (χ2n) is 5.15. The molecule has 1 aliphatic rings. The molecule has 1 aliphatic heterocycles. The molecule has 0 spiro atoms. The summed E-state index contributed by atoms with van der Waals surface area (Å²) in [6.07, 6.45) is 2.61. The third-order valence-corrected chi connectivity index (χ3v) is 3.70. The molecule has 1 amide bonds. The number of rotatable bonds is 3. The Kier molecular flexibility index (Phi) is 3.62. The van der Waals surface area contributed by atoms with Gasteiger partial charge in [0.25, 0.3) is 5.91 Å². The highest BCUT2D eigenvalue weighted by Gasteiger charge is 2.26. The van der Waals surface area contributed by atoms with E-state index in [1.54, 1.807) is 23.0 Å². The van der Waals surface area contributed by atoms with Gasteiger partial charge in [0.05, 0.1) is 23.5 Å². The van der Waals surface area contributed by atoms with E-state index in [9.17, 15) is 4.79 Å². The van der Waals surface area contributed by atoms with Crippen LogP contribution in [0.1, 0.15) is 23.8 Å². The normalized spacial score (nSPS) is 21.4. The molecule has 1 aromatic heterocycles. The number of hydrogen-bond acceptors (Lipinski definition) is 4. The predicted octanol–water partition coefficient (Wildman–Crippen LogP) is 1.36. The Hall–Kier alpha value is -2.34. The molecule has 0 radical (unpaired) electrons. The molecular formula is C15H18N4O2. The number of para-hydroxylation sites is 2. The van der Waals surface area contributed by atoms with Crippen molar-refractivity contribution in [3.63, 3.8) is 0 Å². The summed E-state index contributed by atoms with van der Waals surface area (Å²) in [5, 5.41) is 7.25. The van der Waals surface area contributed by atoms with Gasteiger partial charge in [0.15, 0.2) is 5.69 Å². The number of hydrogen-bond donors (Lipinski definition) is 2. The monoisotopic (exact) mass is 286 g/mol. The van der Waals surface area contributed by atoms with Crippen molar-refractivity contribution in [2.45, 2.75) is 25.5 Å². The molecule has 1 saturated heterocycles. The van der Waals surface area contributed by atoms with Crippen LogP contribution in [0, 0.1) is 0 Å². The summed E-state index contributed by atoms with van der Waals surface area (Å²) >= 11 is 0. The number of nitrogens with zero attached hydrogens (tertiary/aromatic N) is 2. The minimum absolute atomic E-state index is 0.0424. The highest BCUT2D eigenvalue weighted by Crippen LogP contribution is 2.16. The number of nitrogen functional groups attached to an aromatic ring is 1. The lowest BCUT2D eigenvalue weighted by atomic mass is 10.1. The van der Waals surface area contributed by atoms with E-state index in [-0.39, 0.29) is 18.1 Å². The lowest BCUT2D eigenvalue weighted by molar-refractivity contribution is 0.0861. The molecule has 2 aromatic rings. The quantitative estimate of drug-likeness (QED) is 0.835. The van der Waals surface area contributed by atoms with Gasteiger partial charge in [-0.1, -0.05) is 12.1 Å². The number of benzene rings is 1. The Morgan fingerprint density at radius 1 is 1.43 bits per heavy atom. The van der Waals surface area contributed by atoms with Gasteiger partial charge in [-0.2, -0.15) is 5.10 Å². The number of anilines is 1. The zero-order valence-electron chi connectivity index (χ0n) is 11.8. The minimum atomic E-state index is -0.189. The minimum Gasteiger partial charge on any atom is -0.397 e. The van der Waals surface area contributed by atoms with E-state index >= 15 is 0 Å². The van der Waals surface area contributed by atoms with Gasteiger partial charge in [-0.05, 0) is 31.5 Å². The van der Waals surface area contributed by atoms with E-state index in [2.05, 4.69) is 10.4 Å². The second kappa shape index (κ2) is 5.57. The summed E-state index contributed by atoms with van der Waals surface area (Å²) < 4.78 is 7.05. The summed E-state index contributed by atoms with van der Waals surface area (Å²) in [4.78, 5) is 12.2. The Labute approximate surface area is 122 Å². The van der Waals surface area contributed by atoms with Crippen LogP contribution in [-0.4, -0.2) is 34.4 Å². The zero-order chi connectivity index (χ0) is 14.8.